The van der Waals surface area contributed by atoms with Crippen molar-refractivity contribution in [1.82, 2.24) is 10.2 Å². The summed E-state index contributed by atoms with van der Waals surface area (Å²) in [7, 11) is 0. The number of amides is 1. The molecule has 2 saturated carbocycles. The van der Waals surface area contributed by atoms with Crippen LogP contribution in [0.25, 0.3) is 0 Å². The smallest absolute Gasteiger partial charge is 0.410 e. The van der Waals surface area contributed by atoms with E-state index < -0.39 is 0 Å². The second kappa shape index (κ2) is 6.03. The number of likely N-dealkylation sites (tertiary alicyclic amines) is 1. The fourth-order valence-corrected chi connectivity index (χ4v) is 4.35. The molecule has 1 amide bonds. The van der Waals surface area contributed by atoms with Crippen LogP contribution < -0.4 is 5.32 Å². The summed E-state index contributed by atoms with van der Waals surface area (Å²) >= 11 is 0. The highest BCUT2D eigenvalue weighted by Gasteiger charge is 2.57. The quantitative estimate of drug-likeness (QED) is 0.870. The summed E-state index contributed by atoms with van der Waals surface area (Å²) in [6.07, 6.45) is 5.45. The van der Waals surface area contributed by atoms with Gasteiger partial charge in [-0.1, -0.05) is 19.8 Å². The van der Waals surface area contributed by atoms with Crippen LogP contribution in [0.2, 0.25) is 0 Å². The van der Waals surface area contributed by atoms with Crippen LogP contribution in [-0.2, 0) is 4.74 Å². The van der Waals surface area contributed by atoms with Gasteiger partial charge in [0.15, 0.2) is 0 Å². The van der Waals surface area contributed by atoms with Crippen molar-refractivity contribution in [3.8, 4) is 0 Å². The van der Waals surface area contributed by atoms with Crippen LogP contribution in [0.1, 0.15) is 53.4 Å². The Bertz CT molecular complexity index is 406. The van der Waals surface area contributed by atoms with Crippen molar-refractivity contribution in [3.05, 3.63) is 0 Å². The minimum Gasteiger partial charge on any atom is -0.444 e. The van der Waals surface area contributed by atoms with Crippen LogP contribution >= 0.6 is 0 Å². The van der Waals surface area contributed by atoms with Crippen LogP contribution in [0.4, 0.5) is 4.79 Å². The highest BCUT2D eigenvalue weighted by molar-refractivity contribution is 5.69. The molecular formula is C18H32N2O2. The number of rotatable bonds is 3. The molecule has 1 heterocycles. The van der Waals surface area contributed by atoms with E-state index in [0.717, 1.165) is 24.9 Å². The Labute approximate surface area is 135 Å². The Balaban J connectivity index is 1.37. The Morgan fingerprint density at radius 3 is 2.50 bits per heavy atom. The molecule has 0 radical (unpaired) electrons. The molecule has 4 nitrogen and oxygen atoms in total. The number of carbonyl (C=O) groups excluding carboxylic acids is 1. The number of nitrogens with one attached hydrogen (secondary N) is 1. The number of nitrogens with zero attached hydrogens (tertiary/aromatic N) is 1. The maximum atomic E-state index is 12.1. The van der Waals surface area contributed by atoms with Gasteiger partial charge in [-0.05, 0) is 63.8 Å². The molecule has 0 spiro atoms. The summed E-state index contributed by atoms with van der Waals surface area (Å²) in [5, 5.41) is 3.78. The first kappa shape index (κ1) is 16.1. The molecule has 1 saturated heterocycles. The highest BCUT2D eigenvalue weighted by Crippen LogP contribution is 2.46. The first-order valence-electron chi connectivity index (χ1n) is 9.05. The van der Waals surface area contributed by atoms with Gasteiger partial charge >= 0.3 is 6.09 Å². The molecule has 3 fully saturated rings. The van der Waals surface area contributed by atoms with Crippen molar-refractivity contribution >= 4 is 6.09 Å². The number of hydrogen-bond donors (Lipinski definition) is 1. The third kappa shape index (κ3) is 3.76. The molecule has 4 unspecified atom stereocenters. The molecule has 4 heteroatoms. The average molecular weight is 308 g/mol. The van der Waals surface area contributed by atoms with E-state index in [9.17, 15) is 4.79 Å². The lowest BCUT2D eigenvalue weighted by molar-refractivity contribution is 0.0269. The SMILES string of the molecule is CC1CCCC(CNC2C3CN(C(=O)OC(C)(C)C)CC32)C1. The Kier molecular flexibility index (Phi) is 4.41. The zero-order valence-electron chi connectivity index (χ0n) is 14.6. The van der Waals surface area contributed by atoms with Gasteiger partial charge in [0, 0.05) is 19.1 Å². The van der Waals surface area contributed by atoms with Crippen molar-refractivity contribution in [2.24, 2.45) is 23.7 Å². The van der Waals surface area contributed by atoms with Crippen molar-refractivity contribution in [1.29, 1.82) is 0 Å². The molecule has 3 aliphatic rings. The summed E-state index contributed by atoms with van der Waals surface area (Å²) in [5.74, 6) is 3.09. The largest absolute Gasteiger partial charge is 0.444 e. The molecule has 1 aliphatic heterocycles. The minimum absolute atomic E-state index is 0.139. The second-order valence-corrected chi connectivity index (χ2v) is 8.78. The number of hydrogen-bond acceptors (Lipinski definition) is 3. The summed E-state index contributed by atoms with van der Waals surface area (Å²) in [5.41, 5.74) is -0.390. The summed E-state index contributed by atoms with van der Waals surface area (Å²) in [4.78, 5) is 13.9. The van der Waals surface area contributed by atoms with Crippen LogP contribution in [-0.4, -0.2) is 42.3 Å². The average Bonchev–Trinajstić information content (AvgIpc) is 2.86. The summed E-state index contributed by atoms with van der Waals surface area (Å²) in [6, 6.07) is 0.649. The van der Waals surface area contributed by atoms with Gasteiger partial charge in [0.05, 0.1) is 0 Å². The zero-order chi connectivity index (χ0) is 15.9. The van der Waals surface area contributed by atoms with E-state index in [4.69, 9.17) is 4.74 Å². The molecule has 0 aromatic rings. The van der Waals surface area contributed by atoms with Gasteiger partial charge in [0.1, 0.15) is 5.60 Å². The molecular weight excluding hydrogens is 276 g/mol. The van der Waals surface area contributed by atoms with E-state index in [2.05, 4.69) is 12.2 Å². The number of piperidine rings is 1. The minimum atomic E-state index is -0.390. The predicted molar refractivity (Wildman–Crippen MR) is 87.7 cm³/mol. The summed E-state index contributed by atoms with van der Waals surface area (Å²) < 4.78 is 5.46. The van der Waals surface area contributed by atoms with Gasteiger partial charge < -0.3 is 15.0 Å². The first-order valence-corrected chi connectivity index (χ1v) is 9.05. The van der Waals surface area contributed by atoms with E-state index in [0.29, 0.717) is 17.9 Å². The van der Waals surface area contributed by atoms with Crippen LogP contribution in [0, 0.1) is 23.7 Å². The molecule has 4 atom stereocenters. The van der Waals surface area contributed by atoms with Gasteiger partial charge in [-0.3, -0.25) is 0 Å². The van der Waals surface area contributed by atoms with Crippen molar-refractivity contribution in [3.63, 3.8) is 0 Å². The maximum Gasteiger partial charge on any atom is 0.410 e. The highest BCUT2D eigenvalue weighted by atomic mass is 16.6. The van der Waals surface area contributed by atoms with Crippen LogP contribution in [0.5, 0.6) is 0 Å². The van der Waals surface area contributed by atoms with Gasteiger partial charge in [-0.2, -0.15) is 0 Å². The monoisotopic (exact) mass is 308 g/mol. The molecule has 1 N–H and O–H groups in total. The van der Waals surface area contributed by atoms with Crippen molar-refractivity contribution in [2.75, 3.05) is 19.6 Å². The fraction of sp³-hybridized carbons (Fsp3) is 0.944. The molecule has 2 aliphatic carbocycles. The predicted octanol–water partition coefficient (Wildman–Crippen LogP) is 3.27. The zero-order valence-corrected chi connectivity index (χ0v) is 14.6. The lowest BCUT2D eigenvalue weighted by Crippen LogP contribution is -2.40. The van der Waals surface area contributed by atoms with E-state index in [1.54, 1.807) is 0 Å². The van der Waals surface area contributed by atoms with Crippen molar-refractivity contribution < 1.29 is 9.53 Å². The first-order chi connectivity index (χ1) is 10.3. The molecule has 22 heavy (non-hydrogen) atoms. The van der Waals surface area contributed by atoms with Crippen molar-refractivity contribution in [2.45, 2.75) is 65.0 Å². The Hall–Kier alpha value is -0.770. The lowest BCUT2D eigenvalue weighted by Gasteiger charge is -2.28. The standard InChI is InChI=1S/C18H32N2O2/c1-12-6-5-7-13(8-12)9-19-16-14-10-20(11-15(14)16)17(21)22-18(2,3)4/h12-16,19H,5-11H2,1-4H3. The third-order valence-corrected chi connectivity index (χ3v) is 5.53. The molecule has 0 bridgehead atoms. The molecule has 0 aromatic carbocycles. The van der Waals surface area contributed by atoms with Crippen LogP contribution in [0.3, 0.4) is 0 Å². The van der Waals surface area contributed by atoms with E-state index in [1.807, 2.05) is 25.7 Å². The fourth-order valence-electron chi connectivity index (χ4n) is 4.35. The number of ether oxygens (including phenoxy) is 1. The van der Waals surface area contributed by atoms with Gasteiger partial charge in [-0.25, -0.2) is 4.79 Å². The van der Waals surface area contributed by atoms with E-state index in [1.165, 1.54) is 32.2 Å². The van der Waals surface area contributed by atoms with Gasteiger partial charge in [0.25, 0.3) is 0 Å². The molecule has 126 valence electrons. The summed E-state index contributed by atoms with van der Waals surface area (Å²) in [6.45, 7) is 11.1. The van der Waals surface area contributed by atoms with Crippen LogP contribution in [0.15, 0.2) is 0 Å². The molecule has 3 rings (SSSR count). The van der Waals surface area contributed by atoms with Gasteiger partial charge in [-0.15, -0.1) is 0 Å². The maximum absolute atomic E-state index is 12.1. The lowest BCUT2D eigenvalue weighted by atomic mass is 9.82. The Morgan fingerprint density at radius 2 is 1.91 bits per heavy atom. The van der Waals surface area contributed by atoms with Gasteiger partial charge in [0.2, 0.25) is 0 Å². The number of fused-ring (bicyclic) bond motifs is 1. The van der Waals surface area contributed by atoms with E-state index >= 15 is 0 Å². The van der Waals surface area contributed by atoms with E-state index in [-0.39, 0.29) is 11.7 Å². The number of carbonyl (C=O) groups is 1. The third-order valence-electron chi connectivity index (χ3n) is 5.53. The topological polar surface area (TPSA) is 41.6 Å². The second-order valence-electron chi connectivity index (χ2n) is 8.78. The molecule has 0 aromatic heterocycles. The normalized spacial score (nSPS) is 37.8. The Morgan fingerprint density at radius 1 is 1.23 bits per heavy atom.